The summed E-state index contributed by atoms with van der Waals surface area (Å²) in [6.07, 6.45) is 0. The van der Waals surface area contributed by atoms with Crippen molar-refractivity contribution in [3.8, 4) is 11.5 Å². The molecule has 2 aromatic rings. The molecule has 0 saturated heterocycles. The van der Waals surface area contributed by atoms with E-state index in [1.54, 1.807) is 0 Å². The second-order valence-corrected chi connectivity index (χ2v) is 5.85. The third kappa shape index (κ3) is 6.91. The average molecular weight is 483 g/mol. The molecule has 1 heterocycles. The monoisotopic (exact) mass is 483 g/mol. The zero-order valence-electron chi connectivity index (χ0n) is 15.4. The van der Waals surface area contributed by atoms with Gasteiger partial charge in [-0.2, -0.15) is 0 Å². The molecule has 0 amide bonds. The molecular formula is C20H26IN3O3. The maximum Gasteiger partial charge on any atom is 0.231 e. The Bertz CT molecular complexity index is 726. The molecule has 0 aromatic heterocycles. The van der Waals surface area contributed by atoms with Crippen LogP contribution in [-0.4, -0.2) is 32.4 Å². The summed E-state index contributed by atoms with van der Waals surface area (Å²) in [5, 5.41) is 6.53. The van der Waals surface area contributed by atoms with Crippen LogP contribution in [0.25, 0.3) is 0 Å². The topological polar surface area (TPSA) is 64.1 Å². The molecule has 27 heavy (non-hydrogen) atoms. The Morgan fingerprint density at radius 3 is 2.67 bits per heavy atom. The second kappa shape index (κ2) is 11.7. The normalized spacial score (nSPS) is 12.4. The Morgan fingerprint density at radius 1 is 1.04 bits per heavy atom. The Kier molecular flexibility index (Phi) is 9.20. The maximum absolute atomic E-state index is 5.69. The Hall–Kier alpha value is -2.00. The summed E-state index contributed by atoms with van der Waals surface area (Å²) in [6, 6.07) is 16.1. The van der Waals surface area contributed by atoms with Crippen LogP contribution < -0.4 is 20.1 Å². The number of hydrogen-bond acceptors (Lipinski definition) is 4. The van der Waals surface area contributed by atoms with Gasteiger partial charge in [-0.05, 0) is 30.2 Å². The Balaban J connectivity index is 0.00000261. The van der Waals surface area contributed by atoms with Crippen molar-refractivity contribution in [2.75, 3.05) is 26.5 Å². The van der Waals surface area contributed by atoms with E-state index in [2.05, 4.69) is 27.8 Å². The van der Waals surface area contributed by atoms with Crippen molar-refractivity contribution in [1.82, 2.24) is 10.6 Å². The van der Waals surface area contributed by atoms with E-state index < -0.39 is 0 Å². The standard InChI is InChI=1S/C20H25N3O3.HI/c1-2-21-20(22-10-11-24-14-16-6-4-3-5-7-16)23-13-17-8-9-18-19(12-17)26-15-25-18;/h3-9,12H,2,10-11,13-15H2,1H3,(H2,21,22,23);1H. The van der Waals surface area contributed by atoms with Crippen LogP contribution in [0.2, 0.25) is 0 Å². The van der Waals surface area contributed by atoms with Crippen LogP contribution >= 0.6 is 24.0 Å². The van der Waals surface area contributed by atoms with E-state index >= 15 is 0 Å². The SMILES string of the molecule is CCNC(=NCc1ccc2c(c1)OCO2)NCCOCc1ccccc1.I. The van der Waals surface area contributed by atoms with E-state index in [1.807, 2.05) is 43.3 Å². The van der Waals surface area contributed by atoms with Crippen molar-refractivity contribution in [2.45, 2.75) is 20.1 Å². The first-order chi connectivity index (χ1) is 12.8. The minimum absolute atomic E-state index is 0. The highest BCUT2D eigenvalue weighted by Crippen LogP contribution is 2.32. The summed E-state index contributed by atoms with van der Waals surface area (Å²) in [5.74, 6) is 2.34. The molecule has 0 atom stereocenters. The average Bonchev–Trinajstić information content (AvgIpc) is 3.14. The number of fused-ring (bicyclic) bond motifs is 1. The second-order valence-electron chi connectivity index (χ2n) is 5.85. The molecule has 1 aliphatic rings. The zero-order valence-corrected chi connectivity index (χ0v) is 17.8. The summed E-state index contributed by atoms with van der Waals surface area (Å²) in [6.45, 7) is 5.63. The summed E-state index contributed by atoms with van der Waals surface area (Å²) < 4.78 is 16.4. The molecule has 0 fully saturated rings. The molecule has 0 bridgehead atoms. The summed E-state index contributed by atoms with van der Waals surface area (Å²) in [7, 11) is 0. The van der Waals surface area contributed by atoms with Gasteiger partial charge in [-0.3, -0.25) is 0 Å². The fourth-order valence-electron chi connectivity index (χ4n) is 2.56. The van der Waals surface area contributed by atoms with E-state index in [-0.39, 0.29) is 30.8 Å². The number of rotatable bonds is 8. The first-order valence-electron chi connectivity index (χ1n) is 8.87. The molecule has 1 aliphatic heterocycles. The minimum Gasteiger partial charge on any atom is -0.454 e. The largest absolute Gasteiger partial charge is 0.454 e. The van der Waals surface area contributed by atoms with Crippen LogP contribution in [0.5, 0.6) is 11.5 Å². The van der Waals surface area contributed by atoms with Crippen LogP contribution in [0.15, 0.2) is 53.5 Å². The van der Waals surface area contributed by atoms with Crippen LogP contribution in [0.4, 0.5) is 0 Å². The number of benzene rings is 2. The number of ether oxygens (including phenoxy) is 3. The quantitative estimate of drug-likeness (QED) is 0.261. The molecule has 0 radical (unpaired) electrons. The van der Waals surface area contributed by atoms with Crippen molar-refractivity contribution in [3.05, 3.63) is 59.7 Å². The zero-order chi connectivity index (χ0) is 18.0. The van der Waals surface area contributed by atoms with Crippen LogP contribution in [-0.2, 0) is 17.9 Å². The number of nitrogens with zero attached hydrogens (tertiary/aromatic N) is 1. The highest BCUT2D eigenvalue weighted by Gasteiger charge is 2.12. The molecule has 6 nitrogen and oxygen atoms in total. The predicted octanol–water partition coefficient (Wildman–Crippen LogP) is 3.31. The van der Waals surface area contributed by atoms with Crippen LogP contribution in [0.1, 0.15) is 18.1 Å². The summed E-state index contributed by atoms with van der Waals surface area (Å²) in [4.78, 5) is 4.61. The Morgan fingerprint density at radius 2 is 1.85 bits per heavy atom. The minimum atomic E-state index is 0. The first kappa shape index (κ1) is 21.3. The number of guanidine groups is 1. The maximum atomic E-state index is 5.69. The third-order valence-corrected chi connectivity index (χ3v) is 3.85. The molecule has 7 heteroatoms. The third-order valence-electron chi connectivity index (χ3n) is 3.85. The van der Waals surface area contributed by atoms with Gasteiger partial charge in [-0.25, -0.2) is 4.99 Å². The van der Waals surface area contributed by atoms with E-state index in [0.29, 0.717) is 26.3 Å². The molecular weight excluding hydrogens is 457 g/mol. The van der Waals surface area contributed by atoms with Gasteiger partial charge in [-0.15, -0.1) is 24.0 Å². The lowest BCUT2D eigenvalue weighted by molar-refractivity contribution is 0.125. The molecule has 0 aliphatic carbocycles. The fourth-order valence-corrected chi connectivity index (χ4v) is 2.56. The van der Waals surface area contributed by atoms with Crippen LogP contribution in [0, 0.1) is 0 Å². The number of hydrogen-bond donors (Lipinski definition) is 2. The highest BCUT2D eigenvalue weighted by molar-refractivity contribution is 14.0. The first-order valence-corrected chi connectivity index (χ1v) is 8.87. The number of halogens is 1. The van der Waals surface area contributed by atoms with Crippen molar-refractivity contribution in [1.29, 1.82) is 0 Å². The molecule has 2 aromatic carbocycles. The molecule has 3 rings (SSSR count). The molecule has 0 unspecified atom stereocenters. The van der Waals surface area contributed by atoms with Gasteiger partial charge in [0.1, 0.15) is 0 Å². The lowest BCUT2D eigenvalue weighted by Crippen LogP contribution is -2.38. The van der Waals surface area contributed by atoms with Crippen molar-refractivity contribution in [3.63, 3.8) is 0 Å². The van der Waals surface area contributed by atoms with Gasteiger partial charge >= 0.3 is 0 Å². The summed E-state index contributed by atoms with van der Waals surface area (Å²) >= 11 is 0. The van der Waals surface area contributed by atoms with Gasteiger partial charge in [-0.1, -0.05) is 36.4 Å². The van der Waals surface area contributed by atoms with E-state index in [4.69, 9.17) is 14.2 Å². The van der Waals surface area contributed by atoms with Gasteiger partial charge in [0.15, 0.2) is 17.5 Å². The van der Waals surface area contributed by atoms with Gasteiger partial charge in [0.25, 0.3) is 0 Å². The fraction of sp³-hybridized carbons (Fsp3) is 0.350. The lowest BCUT2D eigenvalue weighted by Gasteiger charge is -2.11. The van der Waals surface area contributed by atoms with Gasteiger partial charge < -0.3 is 24.8 Å². The van der Waals surface area contributed by atoms with E-state index in [0.717, 1.165) is 29.6 Å². The molecule has 146 valence electrons. The Labute approximate surface area is 177 Å². The van der Waals surface area contributed by atoms with Gasteiger partial charge in [0.05, 0.1) is 19.8 Å². The smallest absolute Gasteiger partial charge is 0.231 e. The highest BCUT2D eigenvalue weighted by atomic mass is 127. The van der Waals surface area contributed by atoms with Crippen molar-refractivity contribution < 1.29 is 14.2 Å². The molecule has 0 spiro atoms. The van der Waals surface area contributed by atoms with Gasteiger partial charge in [0, 0.05) is 13.1 Å². The van der Waals surface area contributed by atoms with Crippen molar-refractivity contribution in [2.24, 2.45) is 4.99 Å². The van der Waals surface area contributed by atoms with E-state index in [1.165, 1.54) is 5.56 Å². The number of nitrogens with one attached hydrogen (secondary N) is 2. The number of aliphatic imine (C=N–C) groups is 1. The molecule has 2 N–H and O–H groups in total. The summed E-state index contributed by atoms with van der Waals surface area (Å²) in [5.41, 5.74) is 2.25. The van der Waals surface area contributed by atoms with Crippen molar-refractivity contribution >= 4 is 29.9 Å². The predicted molar refractivity (Wildman–Crippen MR) is 117 cm³/mol. The van der Waals surface area contributed by atoms with E-state index in [9.17, 15) is 0 Å². The molecule has 0 saturated carbocycles. The van der Waals surface area contributed by atoms with Gasteiger partial charge in [0.2, 0.25) is 6.79 Å². The lowest BCUT2D eigenvalue weighted by atomic mass is 10.2. The van der Waals surface area contributed by atoms with Crippen LogP contribution in [0.3, 0.4) is 0 Å².